The predicted molar refractivity (Wildman–Crippen MR) is 89.0 cm³/mol. The molecule has 0 saturated carbocycles. The molecule has 25 heavy (non-hydrogen) atoms. The number of hydrogen-bond donors (Lipinski definition) is 2. The number of ketones is 1. The van der Waals surface area contributed by atoms with Crippen molar-refractivity contribution in [1.29, 1.82) is 0 Å². The summed E-state index contributed by atoms with van der Waals surface area (Å²) in [6, 6.07) is 0. The number of rotatable bonds is 9. The van der Waals surface area contributed by atoms with E-state index < -0.39 is 24.1 Å². The summed E-state index contributed by atoms with van der Waals surface area (Å²) in [6.45, 7) is 7.96. The van der Waals surface area contributed by atoms with Crippen LogP contribution in [-0.4, -0.2) is 56.8 Å². The number of aliphatic hydroxyl groups is 2. The van der Waals surface area contributed by atoms with Gasteiger partial charge in [-0.15, -0.1) is 0 Å². The molecule has 2 rings (SSSR count). The first-order valence-corrected chi connectivity index (χ1v) is 8.71. The van der Waals surface area contributed by atoms with Gasteiger partial charge in [0.2, 0.25) is 0 Å². The lowest BCUT2D eigenvalue weighted by molar-refractivity contribution is -0.188. The SMILES string of the molecule is CCOCn1cc([C@@H](O)[C@H](O)[C@@H]2COC(CC)(CC)O2)nc1C(C)=O. The third-order valence-corrected chi connectivity index (χ3v) is 4.51. The van der Waals surface area contributed by atoms with Gasteiger partial charge in [-0.2, -0.15) is 0 Å². The molecule has 1 aliphatic rings. The van der Waals surface area contributed by atoms with Crippen LogP contribution < -0.4 is 0 Å². The maximum atomic E-state index is 11.7. The van der Waals surface area contributed by atoms with Gasteiger partial charge in [0.1, 0.15) is 25.0 Å². The lowest BCUT2D eigenvalue weighted by Gasteiger charge is -2.27. The molecule has 0 unspecified atom stereocenters. The Morgan fingerprint density at radius 1 is 1.44 bits per heavy atom. The minimum absolute atomic E-state index is 0.152. The lowest BCUT2D eigenvalue weighted by atomic mass is 10.1. The van der Waals surface area contributed by atoms with Crippen LogP contribution >= 0.6 is 0 Å². The highest BCUT2D eigenvalue weighted by Crippen LogP contribution is 2.34. The van der Waals surface area contributed by atoms with E-state index in [2.05, 4.69) is 4.98 Å². The second-order valence-electron chi connectivity index (χ2n) is 6.16. The Labute approximate surface area is 147 Å². The first-order chi connectivity index (χ1) is 11.9. The average molecular weight is 356 g/mol. The molecule has 8 heteroatoms. The normalized spacial score (nSPS) is 22.1. The van der Waals surface area contributed by atoms with Gasteiger partial charge >= 0.3 is 0 Å². The Kier molecular flexibility index (Phi) is 6.70. The van der Waals surface area contributed by atoms with E-state index in [1.165, 1.54) is 17.7 Å². The molecule has 8 nitrogen and oxygen atoms in total. The molecule has 0 radical (unpaired) electrons. The second-order valence-corrected chi connectivity index (χ2v) is 6.16. The molecular weight excluding hydrogens is 328 g/mol. The fraction of sp³-hybridized carbons (Fsp3) is 0.765. The molecule has 0 aromatic carbocycles. The quantitative estimate of drug-likeness (QED) is 0.645. The number of Topliss-reactive ketones (excluding diaryl/α,β-unsaturated/α-hetero) is 1. The van der Waals surface area contributed by atoms with Gasteiger partial charge in [-0.1, -0.05) is 13.8 Å². The largest absolute Gasteiger partial charge is 0.387 e. The van der Waals surface area contributed by atoms with Crippen LogP contribution in [-0.2, 0) is 20.9 Å². The van der Waals surface area contributed by atoms with Gasteiger partial charge < -0.3 is 29.0 Å². The maximum absolute atomic E-state index is 11.7. The molecule has 2 N–H and O–H groups in total. The lowest BCUT2D eigenvalue weighted by Crippen LogP contribution is -2.37. The van der Waals surface area contributed by atoms with Gasteiger partial charge in [0.05, 0.1) is 12.3 Å². The third-order valence-electron chi connectivity index (χ3n) is 4.51. The van der Waals surface area contributed by atoms with E-state index in [0.29, 0.717) is 19.4 Å². The fourth-order valence-electron chi connectivity index (χ4n) is 2.89. The van der Waals surface area contributed by atoms with Crippen LogP contribution in [0.2, 0.25) is 0 Å². The monoisotopic (exact) mass is 356 g/mol. The number of carbonyl (C=O) groups excluding carboxylic acids is 1. The minimum atomic E-state index is -1.29. The molecule has 0 spiro atoms. The number of hydrogen-bond acceptors (Lipinski definition) is 7. The van der Waals surface area contributed by atoms with Crippen molar-refractivity contribution in [3.63, 3.8) is 0 Å². The number of nitrogens with zero attached hydrogens (tertiary/aromatic N) is 2. The second kappa shape index (κ2) is 8.37. The van der Waals surface area contributed by atoms with E-state index in [1.54, 1.807) is 0 Å². The van der Waals surface area contributed by atoms with Crippen LogP contribution in [0.5, 0.6) is 0 Å². The number of imidazole rings is 1. The summed E-state index contributed by atoms with van der Waals surface area (Å²) in [4.78, 5) is 15.9. The predicted octanol–water partition coefficient (Wildman–Crippen LogP) is 1.41. The molecule has 0 aliphatic carbocycles. The van der Waals surface area contributed by atoms with E-state index in [1.807, 2.05) is 20.8 Å². The Hall–Kier alpha value is -1.32. The third kappa shape index (κ3) is 4.27. The van der Waals surface area contributed by atoms with Crippen LogP contribution in [0.1, 0.15) is 63.0 Å². The molecule has 2 heterocycles. The summed E-state index contributed by atoms with van der Waals surface area (Å²) in [5.41, 5.74) is 0.200. The Morgan fingerprint density at radius 3 is 2.64 bits per heavy atom. The topological polar surface area (TPSA) is 103 Å². The van der Waals surface area contributed by atoms with Crippen molar-refractivity contribution < 1.29 is 29.2 Å². The summed E-state index contributed by atoms with van der Waals surface area (Å²) < 4.78 is 18.4. The van der Waals surface area contributed by atoms with Crippen molar-refractivity contribution in [1.82, 2.24) is 9.55 Å². The number of ether oxygens (including phenoxy) is 3. The van der Waals surface area contributed by atoms with Crippen LogP contribution in [0.25, 0.3) is 0 Å². The van der Waals surface area contributed by atoms with Gasteiger partial charge in [-0.3, -0.25) is 4.79 Å². The van der Waals surface area contributed by atoms with Crippen molar-refractivity contribution in [2.24, 2.45) is 0 Å². The summed E-state index contributed by atoms with van der Waals surface area (Å²) >= 11 is 0. The van der Waals surface area contributed by atoms with Crippen molar-refractivity contribution >= 4 is 5.78 Å². The molecule has 1 aliphatic heterocycles. The molecule has 0 amide bonds. The van der Waals surface area contributed by atoms with E-state index >= 15 is 0 Å². The van der Waals surface area contributed by atoms with Crippen molar-refractivity contribution in [3.8, 4) is 0 Å². The van der Waals surface area contributed by atoms with Crippen LogP contribution in [0, 0.1) is 0 Å². The Morgan fingerprint density at radius 2 is 2.12 bits per heavy atom. The molecule has 1 fully saturated rings. The summed E-state index contributed by atoms with van der Waals surface area (Å²) in [5.74, 6) is -0.789. The Balaban J connectivity index is 2.14. The molecule has 1 aromatic heterocycles. The summed E-state index contributed by atoms with van der Waals surface area (Å²) in [5, 5.41) is 21.0. The molecule has 0 bridgehead atoms. The molecular formula is C17H28N2O6. The van der Waals surface area contributed by atoms with Crippen molar-refractivity contribution in [3.05, 3.63) is 17.7 Å². The van der Waals surface area contributed by atoms with Gasteiger partial charge in [-0.25, -0.2) is 4.98 Å². The maximum Gasteiger partial charge on any atom is 0.195 e. The smallest absolute Gasteiger partial charge is 0.195 e. The highest BCUT2D eigenvalue weighted by molar-refractivity contribution is 5.90. The average Bonchev–Trinajstić information content (AvgIpc) is 3.23. The van der Waals surface area contributed by atoms with Crippen molar-refractivity contribution in [2.45, 2.75) is 71.4 Å². The first-order valence-electron chi connectivity index (χ1n) is 8.71. The molecule has 1 saturated heterocycles. The first kappa shape index (κ1) is 20.0. The van der Waals surface area contributed by atoms with Gasteiger partial charge in [0, 0.05) is 19.7 Å². The minimum Gasteiger partial charge on any atom is -0.387 e. The van der Waals surface area contributed by atoms with E-state index in [4.69, 9.17) is 14.2 Å². The van der Waals surface area contributed by atoms with Gasteiger partial charge in [0.15, 0.2) is 17.4 Å². The van der Waals surface area contributed by atoms with Crippen LogP contribution in [0.4, 0.5) is 0 Å². The zero-order chi connectivity index (χ0) is 18.6. The highest BCUT2D eigenvalue weighted by atomic mass is 16.7. The molecule has 3 atom stereocenters. The standard InChI is InChI=1S/C17H28N2O6/c1-5-17(6-2)24-9-13(25-17)15(22)14(21)12-8-19(10-23-7-3)16(18-12)11(4)20/h8,13-15,21-22H,5-7,9-10H2,1-4H3/t13-,14+,15+/m0/s1. The molecule has 142 valence electrons. The molecule has 1 aromatic rings. The van der Waals surface area contributed by atoms with Crippen LogP contribution in [0.15, 0.2) is 6.20 Å². The fourth-order valence-corrected chi connectivity index (χ4v) is 2.89. The number of aliphatic hydroxyl groups excluding tert-OH is 2. The number of aromatic nitrogens is 2. The summed E-state index contributed by atoms with van der Waals surface area (Å²) in [6.07, 6.45) is -0.342. The highest BCUT2D eigenvalue weighted by Gasteiger charge is 2.44. The van der Waals surface area contributed by atoms with E-state index in [9.17, 15) is 15.0 Å². The van der Waals surface area contributed by atoms with E-state index in [0.717, 1.165) is 0 Å². The summed E-state index contributed by atoms with van der Waals surface area (Å²) in [7, 11) is 0. The zero-order valence-corrected chi connectivity index (χ0v) is 15.3. The van der Waals surface area contributed by atoms with Gasteiger partial charge in [0.25, 0.3) is 0 Å². The van der Waals surface area contributed by atoms with E-state index in [-0.39, 0.29) is 30.6 Å². The van der Waals surface area contributed by atoms with Gasteiger partial charge in [-0.05, 0) is 19.8 Å². The van der Waals surface area contributed by atoms with Crippen molar-refractivity contribution in [2.75, 3.05) is 13.2 Å². The Bertz CT molecular complexity index is 584. The number of carbonyl (C=O) groups is 1. The van der Waals surface area contributed by atoms with Crippen LogP contribution in [0.3, 0.4) is 0 Å². The zero-order valence-electron chi connectivity index (χ0n) is 15.3.